The van der Waals surface area contributed by atoms with Crippen molar-refractivity contribution >= 4 is 90.0 Å². The molecule has 0 fully saturated rings. The van der Waals surface area contributed by atoms with Crippen LogP contribution in [0.4, 0.5) is 0 Å². The number of para-hydroxylation sites is 5. The molecule has 7 aromatic carbocycles. The first kappa shape index (κ1) is 27.5. The molecule has 0 radical (unpaired) electrons. The first-order chi connectivity index (χ1) is 24.3. The van der Waals surface area contributed by atoms with E-state index < -0.39 is 0 Å². The predicted octanol–water partition coefficient (Wildman–Crippen LogP) is 12.3. The van der Waals surface area contributed by atoms with Crippen LogP contribution in [0.1, 0.15) is 11.1 Å². The maximum absolute atomic E-state index is 2.38. The molecule has 3 nitrogen and oxygen atoms in total. The van der Waals surface area contributed by atoms with Crippen LogP contribution in [0.25, 0.3) is 95.7 Å². The molecule has 0 bridgehead atoms. The minimum Gasteiger partial charge on any atom is -0.316 e. The maximum atomic E-state index is 2.38. The molecule has 0 saturated carbocycles. The Morgan fingerprint density at radius 3 is 1.08 bits per heavy atom. The van der Waals surface area contributed by atoms with Crippen molar-refractivity contribution in [3.63, 3.8) is 0 Å². The van der Waals surface area contributed by atoms with Gasteiger partial charge in [-0.15, -0.1) is 0 Å². The lowest BCUT2D eigenvalue weighted by Crippen LogP contribution is -1.93. The van der Waals surface area contributed by atoms with E-state index in [-0.39, 0.29) is 0 Å². The monoisotopic (exact) mass is 625 g/mol. The lowest BCUT2D eigenvalue weighted by Gasteiger charge is -2.08. The van der Waals surface area contributed by atoms with Gasteiger partial charge in [-0.3, -0.25) is 0 Å². The lowest BCUT2D eigenvalue weighted by molar-refractivity contribution is 1.18. The van der Waals surface area contributed by atoms with Crippen molar-refractivity contribution in [3.05, 3.63) is 175 Å². The van der Waals surface area contributed by atoms with Crippen LogP contribution in [0.3, 0.4) is 0 Å². The fourth-order valence-corrected chi connectivity index (χ4v) is 7.67. The Bertz CT molecular complexity index is 2640. The number of hydrogen-bond donors (Lipinski definition) is 0. The molecule has 230 valence electrons. The Hall–Kier alpha value is -6.58. The van der Waals surface area contributed by atoms with Gasteiger partial charge in [-0.1, -0.05) is 103 Å². The normalized spacial score (nSPS) is 12.3. The summed E-state index contributed by atoms with van der Waals surface area (Å²) in [6, 6.07) is 58.9. The first-order valence-corrected chi connectivity index (χ1v) is 16.8. The molecule has 0 N–H and O–H groups in total. The summed E-state index contributed by atoms with van der Waals surface area (Å²) < 4.78 is 6.99. The molecule has 0 aliphatic heterocycles. The van der Waals surface area contributed by atoms with E-state index in [2.05, 4.69) is 202 Å². The fourth-order valence-electron chi connectivity index (χ4n) is 7.67. The third-order valence-electron chi connectivity index (χ3n) is 9.89. The van der Waals surface area contributed by atoms with Crippen molar-refractivity contribution < 1.29 is 0 Å². The second-order valence-electron chi connectivity index (χ2n) is 12.7. The van der Waals surface area contributed by atoms with Gasteiger partial charge >= 0.3 is 0 Å². The standard InChI is InChI=1S/C46H31N3/c1-2-12-34(13-3-1)49-45-24-22-32(26-28-47-41-18-8-4-14-35(41)36-15-5-9-19-42(36)47)30-39(45)40-31-33(23-25-46(40)49)27-29-48-43-20-10-6-16-37(43)38-17-7-11-21-44(38)48/h1-31H. The van der Waals surface area contributed by atoms with Gasteiger partial charge in [0.1, 0.15) is 0 Å². The van der Waals surface area contributed by atoms with Crippen molar-refractivity contribution in [1.29, 1.82) is 0 Å². The van der Waals surface area contributed by atoms with Crippen LogP contribution in [-0.4, -0.2) is 13.7 Å². The van der Waals surface area contributed by atoms with Crippen LogP contribution in [-0.2, 0) is 0 Å². The zero-order chi connectivity index (χ0) is 32.3. The number of aromatic nitrogens is 3. The molecule has 0 saturated heterocycles. The van der Waals surface area contributed by atoms with Crippen LogP contribution in [0.15, 0.2) is 164 Å². The van der Waals surface area contributed by atoms with Crippen LogP contribution in [0.5, 0.6) is 0 Å². The van der Waals surface area contributed by atoms with Gasteiger partial charge in [0.25, 0.3) is 0 Å². The molecule has 3 aromatic heterocycles. The van der Waals surface area contributed by atoms with E-state index in [9.17, 15) is 0 Å². The number of nitrogens with zero attached hydrogens (tertiary/aromatic N) is 3. The summed E-state index contributed by atoms with van der Waals surface area (Å²) in [6.45, 7) is 0. The van der Waals surface area contributed by atoms with Gasteiger partial charge in [-0.25, -0.2) is 0 Å². The van der Waals surface area contributed by atoms with Crippen molar-refractivity contribution in [3.8, 4) is 5.69 Å². The molecule has 10 aromatic rings. The smallest absolute Gasteiger partial charge is 0.0541 e. The van der Waals surface area contributed by atoms with Crippen LogP contribution in [0.2, 0.25) is 0 Å². The zero-order valence-electron chi connectivity index (χ0n) is 26.7. The van der Waals surface area contributed by atoms with Gasteiger partial charge in [0.05, 0.1) is 33.1 Å². The molecule has 3 heterocycles. The van der Waals surface area contributed by atoms with Crippen LogP contribution < -0.4 is 0 Å². The highest BCUT2D eigenvalue weighted by Crippen LogP contribution is 2.35. The highest BCUT2D eigenvalue weighted by atomic mass is 15.0. The van der Waals surface area contributed by atoms with Gasteiger partial charge in [0.15, 0.2) is 0 Å². The second-order valence-corrected chi connectivity index (χ2v) is 12.7. The minimum atomic E-state index is 1.16. The van der Waals surface area contributed by atoms with E-state index in [1.165, 1.54) is 65.4 Å². The molecular weight excluding hydrogens is 595 g/mol. The van der Waals surface area contributed by atoms with E-state index in [1.54, 1.807) is 0 Å². The third-order valence-corrected chi connectivity index (χ3v) is 9.89. The third kappa shape index (κ3) is 4.37. The topological polar surface area (TPSA) is 14.8 Å². The van der Waals surface area contributed by atoms with E-state index >= 15 is 0 Å². The SMILES string of the molecule is C(=Cn1c2ccccc2c2ccccc21)c1ccc2c(c1)c1cc(C=Cn3c4ccccc4c4ccccc43)ccc1n2-c1ccccc1. The first-order valence-electron chi connectivity index (χ1n) is 16.8. The Labute approximate surface area is 283 Å². The van der Waals surface area contributed by atoms with Crippen molar-refractivity contribution in [2.75, 3.05) is 0 Å². The summed E-state index contributed by atoms with van der Waals surface area (Å²) in [5, 5.41) is 7.54. The molecule has 10 rings (SSSR count). The Morgan fingerprint density at radius 2 is 0.673 bits per heavy atom. The summed E-state index contributed by atoms with van der Waals surface area (Å²) in [5.74, 6) is 0. The molecule has 49 heavy (non-hydrogen) atoms. The molecule has 0 aliphatic carbocycles. The largest absolute Gasteiger partial charge is 0.316 e. The molecule has 0 unspecified atom stereocenters. The predicted molar refractivity (Wildman–Crippen MR) is 210 cm³/mol. The molecule has 0 aliphatic rings. The fraction of sp³-hybridized carbons (Fsp3) is 0. The van der Waals surface area contributed by atoms with E-state index in [4.69, 9.17) is 0 Å². The van der Waals surface area contributed by atoms with Crippen molar-refractivity contribution in [1.82, 2.24) is 13.7 Å². The maximum Gasteiger partial charge on any atom is 0.0541 e. The van der Waals surface area contributed by atoms with E-state index in [0.717, 1.165) is 16.8 Å². The average molecular weight is 626 g/mol. The summed E-state index contributed by atoms with van der Waals surface area (Å²) in [5.41, 5.74) is 10.7. The van der Waals surface area contributed by atoms with E-state index in [1.807, 2.05) is 0 Å². The summed E-state index contributed by atoms with van der Waals surface area (Å²) in [4.78, 5) is 0. The van der Waals surface area contributed by atoms with Gasteiger partial charge in [-0.05, 0) is 83.9 Å². The van der Waals surface area contributed by atoms with Gasteiger partial charge in [0, 0.05) is 50.4 Å². The van der Waals surface area contributed by atoms with Gasteiger partial charge < -0.3 is 13.7 Å². The Morgan fingerprint density at radius 1 is 0.306 bits per heavy atom. The van der Waals surface area contributed by atoms with Crippen LogP contribution >= 0.6 is 0 Å². The zero-order valence-corrected chi connectivity index (χ0v) is 26.7. The number of benzene rings is 7. The highest BCUT2D eigenvalue weighted by molar-refractivity contribution is 6.12. The van der Waals surface area contributed by atoms with Gasteiger partial charge in [0.2, 0.25) is 0 Å². The summed E-state index contributed by atoms with van der Waals surface area (Å²) in [6.07, 6.45) is 8.89. The Kier molecular flexibility index (Phi) is 6.18. The molecule has 0 spiro atoms. The molecule has 0 atom stereocenters. The quantitative estimate of drug-likeness (QED) is 0.181. The number of hydrogen-bond acceptors (Lipinski definition) is 0. The van der Waals surface area contributed by atoms with Crippen LogP contribution in [0, 0.1) is 0 Å². The molecular formula is C46H31N3. The molecule has 0 amide bonds. The van der Waals surface area contributed by atoms with E-state index in [0.29, 0.717) is 0 Å². The van der Waals surface area contributed by atoms with Crippen molar-refractivity contribution in [2.24, 2.45) is 0 Å². The number of fused-ring (bicyclic) bond motifs is 9. The highest BCUT2D eigenvalue weighted by Gasteiger charge is 2.14. The van der Waals surface area contributed by atoms with Gasteiger partial charge in [-0.2, -0.15) is 0 Å². The summed E-state index contributed by atoms with van der Waals surface area (Å²) >= 11 is 0. The minimum absolute atomic E-state index is 1.16. The summed E-state index contributed by atoms with van der Waals surface area (Å²) in [7, 11) is 0. The second kappa shape index (κ2) is 11.0. The molecule has 3 heteroatoms. The van der Waals surface area contributed by atoms with Crippen molar-refractivity contribution in [2.45, 2.75) is 0 Å². The Balaban J connectivity index is 1.13. The average Bonchev–Trinajstić information content (AvgIpc) is 3.78. The lowest BCUT2D eigenvalue weighted by atomic mass is 10.1. The number of rotatable bonds is 5.